The SMILES string of the molecule is CC(N)CCNC(=O)c1cc(F)cc(Br)c1. The van der Waals surface area contributed by atoms with Crippen molar-refractivity contribution in [3.8, 4) is 0 Å². The fourth-order valence-corrected chi connectivity index (χ4v) is 1.67. The summed E-state index contributed by atoms with van der Waals surface area (Å²) in [7, 11) is 0. The van der Waals surface area contributed by atoms with Crippen molar-refractivity contribution >= 4 is 21.8 Å². The molecule has 3 nitrogen and oxygen atoms in total. The van der Waals surface area contributed by atoms with Gasteiger partial charge in [-0.2, -0.15) is 0 Å². The number of hydrogen-bond acceptors (Lipinski definition) is 2. The molecule has 88 valence electrons. The normalized spacial score (nSPS) is 12.2. The molecular weight excluding hydrogens is 275 g/mol. The molecule has 5 heteroatoms. The fourth-order valence-electron chi connectivity index (χ4n) is 1.20. The molecule has 1 rings (SSSR count). The van der Waals surface area contributed by atoms with E-state index in [1.807, 2.05) is 6.92 Å². The number of carbonyl (C=O) groups is 1. The number of benzene rings is 1. The van der Waals surface area contributed by atoms with Crippen LogP contribution in [0.25, 0.3) is 0 Å². The number of rotatable bonds is 4. The van der Waals surface area contributed by atoms with Crippen molar-refractivity contribution in [1.82, 2.24) is 5.32 Å². The first-order chi connectivity index (χ1) is 7.49. The third kappa shape index (κ3) is 4.28. The van der Waals surface area contributed by atoms with Gasteiger partial charge in [-0.15, -0.1) is 0 Å². The second-order valence-electron chi connectivity index (χ2n) is 3.68. The average Bonchev–Trinajstić information content (AvgIpc) is 2.15. The standard InChI is InChI=1S/C11H14BrFN2O/c1-7(14)2-3-15-11(16)8-4-9(12)6-10(13)5-8/h4-7H,2-3,14H2,1H3,(H,15,16). The fraction of sp³-hybridized carbons (Fsp3) is 0.364. The van der Waals surface area contributed by atoms with Gasteiger partial charge in [-0.25, -0.2) is 4.39 Å². The summed E-state index contributed by atoms with van der Waals surface area (Å²) in [6.07, 6.45) is 0.697. The molecule has 0 aliphatic rings. The van der Waals surface area contributed by atoms with Crippen LogP contribution >= 0.6 is 15.9 Å². The maximum Gasteiger partial charge on any atom is 0.251 e. The molecule has 1 amide bonds. The summed E-state index contributed by atoms with van der Waals surface area (Å²) < 4.78 is 13.6. The Balaban J connectivity index is 2.59. The van der Waals surface area contributed by atoms with Crippen LogP contribution < -0.4 is 11.1 Å². The van der Waals surface area contributed by atoms with Crippen molar-refractivity contribution in [2.24, 2.45) is 5.73 Å². The molecule has 0 spiro atoms. The molecule has 0 heterocycles. The van der Waals surface area contributed by atoms with Crippen LogP contribution in [0, 0.1) is 5.82 Å². The summed E-state index contributed by atoms with van der Waals surface area (Å²) in [5.74, 6) is -0.729. The summed E-state index contributed by atoms with van der Waals surface area (Å²) in [6.45, 7) is 2.36. The molecule has 1 unspecified atom stereocenters. The van der Waals surface area contributed by atoms with E-state index in [-0.39, 0.29) is 11.9 Å². The highest BCUT2D eigenvalue weighted by atomic mass is 79.9. The van der Waals surface area contributed by atoms with Crippen molar-refractivity contribution < 1.29 is 9.18 Å². The van der Waals surface area contributed by atoms with Crippen LogP contribution in [0.1, 0.15) is 23.7 Å². The smallest absolute Gasteiger partial charge is 0.251 e. The zero-order chi connectivity index (χ0) is 12.1. The minimum absolute atomic E-state index is 0.0412. The predicted octanol–water partition coefficient (Wildman–Crippen LogP) is 2.06. The van der Waals surface area contributed by atoms with Crippen molar-refractivity contribution in [3.05, 3.63) is 34.1 Å². The lowest BCUT2D eigenvalue weighted by Gasteiger charge is -2.07. The van der Waals surface area contributed by atoms with E-state index >= 15 is 0 Å². The van der Waals surface area contributed by atoms with E-state index in [0.717, 1.165) is 0 Å². The van der Waals surface area contributed by atoms with Gasteiger partial charge in [0.05, 0.1) is 0 Å². The number of amides is 1. The molecule has 0 fully saturated rings. The number of nitrogens with one attached hydrogen (secondary N) is 1. The van der Waals surface area contributed by atoms with Crippen molar-refractivity contribution in [2.75, 3.05) is 6.54 Å². The first kappa shape index (κ1) is 13.1. The lowest BCUT2D eigenvalue weighted by Crippen LogP contribution is -2.29. The minimum atomic E-state index is -0.438. The van der Waals surface area contributed by atoms with E-state index in [1.54, 1.807) is 6.07 Å². The summed E-state index contributed by atoms with van der Waals surface area (Å²) in [4.78, 5) is 11.6. The number of halogens is 2. The topological polar surface area (TPSA) is 55.1 Å². The molecule has 1 atom stereocenters. The highest BCUT2D eigenvalue weighted by molar-refractivity contribution is 9.10. The van der Waals surface area contributed by atoms with Crippen molar-refractivity contribution in [1.29, 1.82) is 0 Å². The van der Waals surface area contributed by atoms with Gasteiger partial charge >= 0.3 is 0 Å². The summed E-state index contributed by atoms with van der Waals surface area (Å²) in [5.41, 5.74) is 5.85. The summed E-state index contributed by atoms with van der Waals surface area (Å²) in [5, 5.41) is 2.68. The Morgan fingerprint density at radius 2 is 2.25 bits per heavy atom. The van der Waals surface area contributed by atoms with Crippen LogP contribution in [0.4, 0.5) is 4.39 Å². The first-order valence-corrected chi connectivity index (χ1v) is 5.78. The van der Waals surface area contributed by atoms with Gasteiger partial charge in [0.2, 0.25) is 0 Å². The maximum atomic E-state index is 13.0. The van der Waals surface area contributed by atoms with Gasteiger partial charge in [0.25, 0.3) is 5.91 Å². The molecule has 1 aromatic rings. The highest BCUT2D eigenvalue weighted by Crippen LogP contribution is 2.14. The molecule has 0 aliphatic heterocycles. The zero-order valence-electron chi connectivity index (χ0n) is 8.97. The molecule has 1 aromatic carbocycles. The minimum Gasteiger partial charge on any atom is -0.352 e. The number of hydrogen-bond donors (Lipinski definition) is 2. The first-order valence-electron chi connectivity index (χ1n) is 4.99. The molecule has 0 aromatic heterocycles. The van der Waals surface area contributed by atoms with Crippen LogP contribution in [0.15, 0.2) is 22.7 Å². The summed E-state index contributed by atoms with van der Waals surface area (Å²) >= 11 is 3.13. The van der Waals surface area contributed by atoms with Gasteiger partial charge in [-0.05, 0) is 31.5 Å². The molecule has 16 heavy (non-hydrogen) atoms. The van der Waals surface area contributed by atoms with Crippen molar-refractivity contribution in [2.45, 2.75) is 19.4 Å². The largest absolute Gasteiger partial charge is 0.352 e. The van der Waals surface area contributed by atoms with Crippen LogP contribution in [0.2, 0.25) is 0 Å². The van der Waals surface area contributed by atoms with E-state index < -0.39 is 5.82 Å². The maximum absolute atomic E-state index is 13.0. The third-order valence-corrected chi connectivity index (χ3v) is 2.47. The predicted molar refractivity (Wildman–Crippen MR) is 64.7 cm³/mol. The Hall–Kier alpha value is -0.940. The monoisotopic (exact) mass is 288 g/mol. The third-order valence-electron chi connectivity index (χ3n) is 2.01. The Morgan fingerprint density at radius 1 is 1.56 bits per heavy atom. The lowest BCUT2D eigenvalue weighted by molar-refractivity contribution is 0.0952. The molecule has 0 aliphatic carbocycles. The van der Waals surface area contributed by atoms with E-state index in [9.17, 15) is 9.18 Å². The second kappa shape index (κ2) is 5.96. The van der Waals surface area contributed by atoms with Gasteiger partial charge < -0.3 is 11.1 Å². The van der Waals surface area contributed by atoms with Gasteiger partial charge in [0.15, 0.2) is 0 Å². The van der Waals surface area contributed by atoms with E-state index in [1.165, 1.54) is 12.1 Å². The van der Waals surface area contributed by atoms with Crippen LogP contribution in [0.3, 0.4) is 0 Å². The molecule has 0 radical (unpaired) electrons. The summed E-state index contributed by atoms with van der Waals surface area (Å²) in [6, 6.07) is 4.12. The Bertz CT molecular complexity index is 362. The Morgan fingerprint density at radius 3 is 2.81 bits per heavy atom. The lowest BCUT2D eigenvalue weighted by atomic mass is 10.2. The Kier molecular flexibility index (Phi) is 4.89. The van der Waals surface area contributed by atoms with Crippen LogP contribution in [-0.2, 0) is 0 Å². The highest BCUT2D eigenvalue weighted by Gasteiger charge is 2.07. The van der Waals surface area contributed by atoms with E-state index in [0.29, 0.717) is 23.0 Å². The molecule has 0 saturated carbocycles. The molecule has 0 bridgehead atoms. The number of carbonyl (C=O) groups excluding carboxylic acids is 1. The number of nitrogens with two attached hydrogens (primary N) is 1. The molecule has 3 N–H and O–H groups in total. The van der Waals surface area contributed by atoms with Gasteiger partial charge in [-0.1, -0.05) is 15.9 Å². The van der Waals surface area contributed by atoms with Gasteiger partial charge in [0.1, 0.15) is 5.82 Å². The van der Waals surface area contributed by atoms with Crippen molar-refractivity contribution in [3.63, 3.8) is 0 Å². The Labute approximate surface area is 102 Å². The average molecular weight is 289 g/mol. The molecular formula is C11H14BrFN2O. The van der Waals surface area contributed by atoms with Crippen LogP contribution in [0.5, 0.6) is 0 Å². The van der Waals surface area contributed by atoms with E-state index in [4.69, 9.17) is 5.73 Å². The van der Waals surface area contributed by atoms with Crippen LogP contribution in [-0.4, -0.2) is 18.5 Å². The van der Waals surface area contributed by atoms with E-state index in [2.05, 4.69) is 21.2 Å². The van der Waals surface area contributed by atoms with Gasteiger partial charge in [-0.3, -0.25) is 4.79 Å². The van der Waals surface area contributed by atoms with Gasteiger partial charge in [0, 0.05) is 22.6 Å². The quantitative estimate of drug-likeness (QED) is 0.891. The molecule has 0 saturated heterocycles. The zero-order valence-corrected chi connectivity index (χ0v) is 10.6. The second-order valence-corrected chi connectivity index (χ2v) is 4.60.